The van der Waals surface area contributed by atoms with E-state index in [1.807, 2.05) is 33.9 Å². The highest BCUT2D eigenvalue weighted by molar-refractivity contribution is 8.07. The predicted octanol–water partition coefficient (Wildman–Crippen LogP) is 5.80. The summed E-state index contributed by atoms with van der Waals surface area (Å²) in [7, 11) is -2.77. The standard InChI is InChI=1S/C42H52FN9O12P2S2Si/c1-9-10-16-57-66(68)59-19-26-32(29(43)40(60-26)51-21-46-30-35(44-20-45-36(30)51)50-38(54)24-14-12-11-13-15-24)62-65(56,67)58-18-27-33(64-69(7,8)42(4,5)6)34(63-66)41(61-27)52-22-47-31-37(52)48-28(49-39(31)55)17-25(53)23(2)3/h1,11-15,20-23,26-27,29,32-34,40-41H,10,16-19H2,2-8H3,(H,56,67)(H,48,49,55)(H,44,45,50,54)/t26-,27-,29-,32-,33-,34-,40-,41-,65?,66?/m1/s1. The zero-order valence-corrected chi connectivity index (χ0v) is 43.0. The van der Waals surface area contributed by atoms with Crippen molar-refractivity contribution in [1.82, 2.24) is 39.0 Å². The molecule has 8 rings (SSSR count). The van der Waals surface area contributed by atoms with Crippen LogP contribution in [0.15, 0.2) is 54.1 Å². The number of carbonyl (C=O) groups is 2. The molecule has 3 fully saturated rings. The Morgan fingerprint density at radius 1 is 1.00 bits per heavy atom. The molecule has 3 saturated heterocycles. The molecule has 5 aromatic rings. The van der Waals surface area contributed by atoms with E-state index in [0.29, 0.717) is 5.56 Å². The minimum absolute atomic E-state index is 0.0562. The Bertz CT molecular complexity index is 2930. The van der Waals surface area contributed by atoms with E-state index in [1.54, 1.807) is 44.2 Å². The minimum Gasteiger partial charge on any atom is -0.408 e. The molecule has 69 heavy (non-hydrogen) atoms. The van der Waals surface area contributed by atoms with Crippen molar-refractivity contribution in [2.24, 2.45) is 5.92 Å². The molecule has 0 radical (unpaired) electrons. The van der Waals surface area contributed by atoms with Crippen molar-refractivity contribution in [1.29, 1.82) is 0 Å². The molecule has 1 aromatic carbocycles. The number of fused-ring (bicyclic) bond motifs is 5. The Morgan fingerprint density at radius 3 is 2.38 bits per heavy atom. The van der Waals surface area contributed by atoms with E-state index in [0.717, 1.165) is 0 Å². The van der Waals surface area contributed by atoms with Gasteiger partial charge in [0.1, 0.15) is 48.5 Å². The maximum absolute atomic E-state index is 17.1. The van der Waals surface area contributed by atoms with Gasteiger partial charge in [0.25, 0.3) is 11.5 Å². The van der Waals surface area contributed by atoms with Crippen LogP contribution in [0, 0.1) is 18.3 Å². The lowest BCUT2D eigenvalue weighted by Crippen LogP contribution is -2.50. The number of nitrogens with one attached hydrogen (secondary N) is 2. The van der Waals surface area contributed by atoms with E-state index in [4.69, 9.17) is 66.6 Å². The Hall–Kier alpha value is -4.09. The van der Waals surface area contributed by atoms with Crippen molar-refractivity contribution in [3.63, 3.8) is 0 Å². The smallest absolute Gasteiger partial charge is 0.327 e. The number of amides is 1. The molecule has 2 unspecified atom stereocenters. The van der Waals surface area contributed by atoms with E-state index < -0.39 is 95.6 Å². The Morgan fingerprint density at radius 2 is 1.68 bits per heavy atom. The number of halogens is 1. The summed E-state index contributed by atoms with van der Waals surface area (Å²) in [5.41, 5.74) is -0.00509. The molecule has 370 valence electrons. The number of anilines is 1. The summed E-state index contributed by atoms with van der Waals surface area (Å²) in [5.74, 6) is 1.72. The summed E-state index contributed by atoms with van der Waals surface area (Å²) in [5, 5.41) is 2.36. The fraction of sp³-hybridized carbons (Fsp3) is 0.524. The number of H-pyrrole nitrogens is 1. The second kappa shape index (κ2) is 20.2. The van der Waals surface area contributed by atoms with E-state index in [2.05, 4.69) is 41.1 Å². The lowest BCUT2D eigenvalue weighted by atomic mass is 10.1. The van der Waals surface area contributed by atoms with Crippen molar-refractivity contribution in [3.05, 3.63) is 71.1 Å². The molecular formula is C42H52FN9O12P2S2Si. The van der Waals surface area contributed by atoms with Crippen LogP contribution in [-0.4, -0.2) is 120 Å². The molecule has 21 nitrogen and oxygen atoms in total. The van der Waals surface area contributed by atoms with E-state index in [9.17, 15) is 19.3 Å². The SMILES string of the molecule is C#CCCOP1(=S)OC[C@H]2O[C@@H](n3cnc4c(NC(=O)c5ccccc5)ncnc43)[C@H](F)[C@@H]2OP(O)(=S)OC[C@H]2O[C@@H](n3cnc4c(=O)[nH]c(CC(=O)C(C)C)nc43)[C@H](O1)[C@@H]2O[Si](C)(C)C(C)(C)C. The Balaban J connectivity index is 1.17. The molecule has 0 saturated carbocycles. The molecule has 3 N–H and O–H groups in total. The van der Waals surface area contributed by atoms with Crippen molar-refractivity contribution < 1.29 is 55.4 Å². The zero-order valence-electron chi connectivity index (χ0n) is 38.6. The third-order valence-electron chi connectivity index (χ3n) is 12.2. The summed E-state index contributed by atoms with van der Waals surface area (Å²) >= 11 is 11.7. The Labute approximate surface area is 407 Å². The van der Waals surface area contributed by atoms with Crippen LogP contribution >= 0.6 is 13.4 Å². The summed E-state index contributed by atoms with van der Waals surface area (Å²) in [6, 6.07) is 8.46. The zero-order chi connectivity index (χ0) is 49.6. The number of hydrogen-bond donors (Lipinski definition) is 3. The number of nitrogens with zero attached hydrogens (tertiary/aromatic N) is 7. The lowest BCUT2D eigenvalue weighted by Gasteiger charge is -2.41. The number of Topliss-reactive ketones (excluding diaryl/α,β-unsaturated/α-hetero) is 1. The van der Waals surface area contributed by atoms with E-state index >= 15 is 4.39 Å². The van der Waals surface area contributed by atoms with Crippen LogP contribution in [0.3, 0.4) is 0 Å². The average molecular weight is 1050 g/mol. The molecular weight excluding hydrogens is 996 g/mol. The van der Waals surface area contributed by atoms with Gasteiger partial charge in [0.2, 0.25) is 0 Å². The molecule has 4 aromatic heterocycles. The van der Waals surface area contributed by atoms with Crippen LogP contribution in [0.4, 0.5) is 10.2 Å². The first-order valence-electron chi connectivity index (χ1n) is 21.9. The number of aromatic amines is 1. The lowest BCUT2D eigenvalue weighted by molar-refractivity contribution is -0.121. The molecule has 27 heteroatoms. The second-order valence-electron chi connectivity index (χ2n) is 18.4. The van der Waals surface area contributed by atoms with Crippen molar-refractivity contribution in [2.45, 2.75) is 115 Å². The van der Waals surface area contributed by atoms with Crippen molar-refractivity contribution >= 4 is 85.2 Å². The summed E-state index contributed by atoms with van der Waals surface area (Å²) in [6.07, 6.45) is -1.87. The largest absolute Gasteiger partial charge is 0.408 e. The summed E-state index contributed by atoms with van der Waals surface area (Å²) in [6.45, 7) is 4.04. The Kier molecular flexibility index (Phi) is 15.0. The predicted molar refractivity (Wildman–Crippen MR) is 258 cm³/mol. The first-order valence-corrected chi connectivity index (χ1v) is 30.0. The van der Waals surface area contributed by atoms with Crippen LogP contribution < -0.4 is 10.9 Å². The van der Waals surface area contributed by atoms with Crippen LogP contribution in [0.5, 0.6) is 0 Å². The van der Waals surface area contributed by atoms with Crippen LogP contribution in [0.25, 0.3) is 22.3 Å². The molecule has 2 bridgehead atoms. The van der Waals surface area contributed by atoms with Gasteiger partial charge in [-0.2, -0.15) is 0 Å². The highest BCUT2D eigenvalue weighted by Crippen LogP contribution is 2.58. The van der Waals surface area contributed by atoms with E-state index in [1.165, 1.54) is 28.1 Å². The number of carbonyl (C=O) groups excluding carboxylic acids is 2. The number of imidazole rings is 2. The number of ketones is 1. The van der Waals surface area contributed by atoms with Crippen LogP contribution in [-0.2, 0) is 71.3 Å². The van der Waals surface area contributed by atoms with Crippen molar-refractivity contribution in [2.75, 3.05) is 25.1 Å². The van der Waals surface area contributed by atoms with Crippen LogP contribution in [0.1, 0.15) is 69.7 Å². The van der Waals surface area contributed by atoms with Gasteiger partial charge in [-0.25, -0.2) is 29.3 Å². The van der Waals surface area contributed by atoms with Gasteiger partial charge in [-0.3, -0.25) is 32.6 Å². The highest BCUT2D eigenvalue weighted by atomic mass is 32.5. The molecule has 0 spiro atoms. The van der Waals surface area contributed by atoms with Gasteiger partial charge in [-0.15, -0.1) is 12.3 Å². The molecule has 3 aliphatic heterocycles. The number of aromatic nitrogens is 8. The summed E-state index contributed by atoms with van der Waals surface area (Å²) in [4.78, 5) is 75.6. The molecule has 3 aliphatic rings. The van der Waals surface area contributed by atoms with Gasteiger partial charge in [0.15, 0.2) is 55.1 Å². The monoisotopic (exact) mass is 1050 g/mol. The van der Waals surface area contributed by atoms with Gasteiger partial charge in [0, 0.05) is 17.9 Å². The first-order chi connectivity index (χ1) is 32.6. The number of rotatable bonds is 12. The van der Waals surface area contributed by atoms with Crippen molar-refractivity contribution in [3.8, 4) is 12.3 Å². The second-order valence-corrected chi connectivity index (χ2v) is 28.9. The molecule has 1 amide bonds. The summed E-state index contributed by atoms with van der Waals surface area (Å²) < 4.78 is 71.4. The maximum atomic E-state index is 17.1. The number of hydrogen-bond acceptors (Lipinski definition) is 18. The number of terminal acetylenes is 1. The number of benzene rings is 1. The third-order valence-corrected chi connectivity index (χ3v) is 20.6. The van der Waals surface area contributed by atoms with Gasteiger partial charge >= 0.3 is 13.4 Å². The fourth-order valence-corrected chi connectivity index (χ4v) is 12.3. The van der Waals surface area contributed by atoms with E-state index in [-0.39, 0.29) is 70.2 Å². The number of alkyl halides is 1. The molecule has 10 atom stereocenters. The third kappa shape index (κ3) is 10.9. The van der Waals surface area contributed by atoms with Gasteiger partial charge in [-0.1, -0.05) is 52.8 Å². The maximum Gasteiger partial charge on any atom is 0.327 e. The topological polar surface area (TPSA) is 247 Å². The van der Waals surface area contributed by atoms with Gasteiger partial charge in [0.05, 0.1) is 38.9 Å². The highest BCUT2D eigenvalue weighted by Gasteiger charge is 2.56. The van der Waals surface area contributed by atoms with Gasteiger partial charge in [-0.05, 0) is 53.9 Å². The molecule has 7 heterocycles. The van der Waals surface area contributed by atoms with Crippen LogP contribution in [0.2, 0.25) is 18.1 Å². The minimum atomic E-state index is -4.40. The number of ether oxygens (including phenoxy) is 2. The normalized spacial score (nSPS) is 29.0. The first kappa shape index (κ1) is 51.3. The fourth-order valence-electron chi connectivity index (χ4n) is 7.51. The quantitative estimate of drug-likeness (QED) is 0.0578. The molecule has 0 aliphatic carbocycles. The van der Waals surface area contributed by atoms with Gasteiger partial charge < -0.3 is 42.7 Å². The average Bonchev–Trinajstić information content (AvgIpc) is 4.06.